The molecular weight excluding hydrogens is 233 g/mol. The monoisotopic (exact) mass is 245 g/mol. The summed E-state index contributed by atoms with van der Waals surface area (Å²) in [5, 5.41) is 0. The van der Waals surface area contributed by atoms with Crippen LogP contribution in [0.25, 0.3) is 0 Å². The zero-order valence-electron chi connectivity index (χ0n) is 7.72. The zero-order valence-corrected chi connectivity index (χ0v) is 9.31. The van der Waals surface area contributed by atoms with Gasteiger partial charge in [0.15, 0.2) is 0 Å². The van der Waals surface area contributed by atoms with Gasteiger partial charge in [-0.25, -0.2) is 4.39 Å². The molecular formula is C10H13BrFN. The van der Waals surface area contributed by atoms with Crippen LogP contribution in [0.2, 0.25) is 0 Å². The Balaban J connectivity index is 3.12. The summed E-state index contributed by atoms with van der Waals surface area (Å²) in [6.45, 7) is 3.95. The van der Waals surface area contributed by atoms with Gasteiger partial charge in [0.25, 0.3) is 0 Å². The molecule has 0 unspecified atom stereocenters. The van der Waals surface area contributed by atoms with E-state index in [0.717, 1.165) is 4.47 Å². The van der Waals surface area contributed by atoms with E-state index in [4.69, 9.17) is 5.73 Å². The average Bonchev–Trinajstić information content (AvgIpc) is 2.03. The maximum absolute atomic E-state index is 13.4. The molecule has 1 rings (SSSR count). The van der Waals surface area contributed by atoms with Gasteiger partial charge in [-0.05, 0) is 18.1 Å². The van der Waals surface area contributed by atoms with Crippen LogP contribution in [0.4, 0.5) is 4.39 Å². The van der Waals surface area contributed by atoms with Gasteiger partial charge in [-0.2, -0.15) is 0 Å². The highest BCUT2D eigenvalue weighted by Crippen LogP contribution is 2.28. The lowest BCUT2D eigenvalue weighted by Crippen LogP contribution is -2.18. The summed E-state index contributed by atoms with van der Waals surface area (Å²) >= 11 is 3.30. The molecule has 0 saturated carbocycles. The highest BCUT2D eigenvalue weighted by atomic mass is 79.9. The molecule has 0 heterocycles. The maximum Gasteiger partial charge on any atom is 0.129 e. The minimum Gasteiger partial charge on any atom is -0.324 e. The third kappa shape index (κ3) is 2.29. The third-order valence-corrected chi connectivity index (χ3v) is 2.74. The number of hydrogen-bond donors (Lipinski definition) is 1. The van der Waals surface area contributed by atoms with Crippen LogP contribution in [0.3, 0.4) is 0 Å². The Bertz CT molecular complexity index is 279. The summed E-state index contributed by atoms with van der Waals surface area (Å²) in [5.74, 6) is -0.0104. The second-order valence-electron chi connectivity index (χ2n) is 3.41. The van der Waals surface area contributed by atoms with Crippen molar-refractivity contribution in [2.75, 3.05) is 0 Å². The first-order valence-corrected chi connectivity index (χ1v) is 5.03. The maximum atomic E-state index is 13.4. The number of rotatable bonds is 2. The van der Waals surface area contributed by atoms with Gasteiger partial charge >= 0.3 is 0 Å². The lowest BCUT2D eigenvalue weighted by molar-refractivity contribution is 0.483. The summed E-state index contributed by atoms with van der Waals surface area (Å²) in [6.07, 6.45) is 0. The van der Waals surface area contributed by atoms with Gasteiger partial charge in [0, 0.05) is 16.1 Å². The van der Waals surface area contributed by atoms with Gasteiger partial charge in [-0.3, -0.25) is 0 Å². The first kappa shape index (κ1) is 10.7. The second-order valence-corrected chi connectivity index (χ2v) is 4.26. The van der Waals surface area contributed by atoms with E-state index < -0.39 is 0 Å². The molecule has 1 aromatic rings. The number of hydrogen-bond acceptors (Lipinski definition) is 1. The van der Waals surface area contributed by atoms with Crippen LogP contribution < -0.4 is 5.73 Å². The van der Waals surface area contributed by atoms with Crippen molar-refractivity contribution in [3.63, 3.8) is 0 Å². The van der Waals surface area contributed by atoms with Crippen molar-refractivity contribution < 1.29 is 4.39 Å². The molecule has 0 aromatic heterocycles. The molecule has 2 N–H and O–H groups in total. The standard InChI is InChI=1S/C10H13BrFN/c1-6(2)10(13)9-7(11)4-3-5-8(9)12/h3-6,10H,13H2,1-2H3/t10-/m1/s1. The summed E-state index contributed by atoms with van der Waals surface area (Å²) in [6, 6.07) is 4.65. The van der Waals surface area contributed by atoms with Crippen LogP contribution in [0.5, 0.6) is 0 Å². The van der Waals surface area contributed by atoms with Gasteiger partial charge in [0.2, 0.25) is 0 Å². The van der Waals surface area contributed by atoms with E-state index in [9.17, 15) is 4.39 Å². The van der Waals surface area contributed by atoms with Crippen molar-refractivity contribution in [2.45, 2.75) is 19.9 Å². The van der Waals surface area contributed by atoms with Crippen LogP contribution in [-0.2, 0) is 0 Å². The molecule has 1 atom stereocenters. The largest absolute Gasteiger partial charge is 0.324 e. The molecule has 0 bridgehead atoms. The second kappa shape index (κ2) is 4.20. The lowest BCUT2D eigenvalue weighted by atomic mass is 9.97. The van der Waals surface area contributed by atoms with E-state index in [1.54, 1.807) is 12.1 Å². The zero-order chi connectivity index (χ0) is 10.0. The molecule has 0 radical (unpaired) electrons. The van der Waals surface area contributed by atoms with Crippen LogP contribution in [0.1, 0.15) is 25.5 Å². The van der Waals surface area contributed by atoms with Gasteiger partial charge < -0.3 is 5.73 Å². The van der Waals surface area contributed by atoms with Crippen molar-refractivity contribution >= 4 is 15.9 Å². The van der Waals surface area contributed by atoms with E-state index in [1.807, 2.05) is 13.8 Å². The van der Waals surface area contributed by atoms with Gasteiger partial charge in [-0.15, -0.1) is 0 Å². The van der Waals surface area contributed by atoms with Gasteiger partial charge in [0.1, 0.15) is 5.82 Å². The van der Waals surface area contributed by atoms with E-state index in [-0.39, 0.29) is 17.8 Å². The third-order valence-electron chi connectivity index (χ3n) is 2.05. The summed E-state index contributed by atoms with van der Waals surface area (Å²) < 4.78 is 14.1. The van der Waals surface area contributed by atoms with E-state index in [0.29, 0.717) is 5.56 Å². The molecule has 0 fully saturated rings. The Hall–Kier alpha value is -0.410. The van der Waals surface area contributed by atoms with Crippen molar-refractivity contribution in [3.8, 4) is 0 Å². The molecule has 3 heteroatoms. The molecule has 72 valence electrons. The molecule has 0 aliphatic heterocycles. The summed E-state index contributed by atoms with van der Waals surface area (Å²) in [4.78, 5) is 0. The lowest BCUT2D eigenvalue weighted by Gasteiger charge is -2.18. The minimum absolute atomic E-state index is 0.230. The topological polar surface area (TPSA) is 26.0 Å². The number of benzene rings is 1. The first-order chi connectivity index (χ1) is 6.04. The molecule has 0 amide bonds. The fraction of sp³-hybridized carbons (Fsp3) is 0.400. The Morgan fingerprint density at radius 3 is 2.46 bits per heavy atom. The van der Waals surface area contributed by atoms with Crippen LogP contribution >= 0.6 is 15.9 Å². The Morgan fingerprint density at radius 1 is 1.38 bits per heavy atom. The minimum atomic E-state index is -0.254. The Kier molecular flexibility index (Phi) is 3.45. The van der Waals surface area contributed by atoms with Gasteiger partial charge in [-0.1, -0.05) is 35.8 Å². The highest BCUT2D eigenvalue weighted by molar-refractivity contribution is 9.10. The quantitative estimate of drug-likeness (QED) is 0.851. The fourth-order valence-electron chi connectivity index (χ4n) is 1.16. The fourth-order valence-corrected chi connectivity index (χ4v) is 1.77. The van der Waals surface area contributed by atoms with Crippen molar-refractivity contribution in [1.82, 2.24) is 0 Å². The van der Waals surface area contributed by atoms with E-state index in [1.165, 1.54) is 6.07 Å². The predicted molar refractivity (Wildman–Crippen MR) is 55.9 cm³/mol. The number of nitrogens with two attached hydrogens (primary N) is 1. The van der Waals surface area contributed by atoms with Crippen LogP contribution in [0.15, 0.2) is 22.7 Å². The van der Waals surface area contributed by atoms with Crippen molar-refractivity contribution in [2.24, 2.45) is 11.7 Å². The van der Waals surface area contributed by atoms with Crippen LogP contribution in [0, 0.1) is 11.7 Å². The van der Waals surface area contributed by atoms with Crippen molar-refractivity contribution in [3.05, 3.63) is 34.1 Å². The molecule has 0 saturated heterocycles. The Morgan fingerprint density at radius 2 is 2.00 bits per heavy atom. The average molecular weight is 246 g/mol. The summed E-state index contributed by atoms with van der Waals surface area (Å²) in [7, 11) is 0. The molecule has 13 heavy (non-hydrogen) atoms. The van der Waals surface area contributed by atoms with Crippen LogP contribution in [-0.4, -0.2) is 0 Å². The molecule has 0 spiro atoms. The molecule has 1 aromatic carbocycles. The van der Waals surface area contributed by atoms with E-state index in [2.05, 4.69) is 15.9 Å². The molecule has 0 aliphatic carbocycles. The number of halogens is 2. The SMILES string of the molecule is CC(C)[C@@H](N)c1c(F)cccc1Br. The smallest absolute Gasteiger partial charge is 0.129 e. The highest BCUT2D eigenvalue weighted by Gasteiger charge is 2.17. The predicted octanol–water partition coefficient (Wildman–Crippen LogP) is 3.24. The molecule has 1 nitrogen and oxygen atoms in total. The van der Waals surface area contributed by atoms with Crippen molar-refractivity contribution in [1.29, 1.82) is 0 Å². The molecule has 0 aliphatic rings. The van der Waals surface area contributed by atoms with E-state index >= 15 is 0 Å². The first-order valence-electron chi connectivity index (χ1n) is 4.23. The Labute approximate surface area is 86.3 Å². The summed E-state index contributed by atoms with van der Waals surface area (Å²) in [5.41, 5.74) is 6.44. The normalized spacial score (nSPS) is 13.4. The van der Waals surface area contributed by atoms with Gasteiger partial charge in [0.05, 0.1) is 0 Å².